The number of carbonyl (C=O) groups excluding carboxylic acids is 1. The monoisotopic (exact) mass is 274 g/mol. The van der Waals surface area contributed by atoms with Gasteiger partial charge in [0.15, 0.2) is 0 Å². The fraction of sp³-hybridized carbons (Fsp3) is 0.364. The van der Waals surface area contributed by atoms with E-state index in [2.05, 4.69) is 0 Å². The van der Waals surface area contributed by atoms with Crippen molar-refractivity contribution in [3.8, 4) is 0 Å². The fourth-order valence-electron chi connectivity index (χ4n) is 1.33. The lowest BCUT2D eigenvalue weighted by molar-refractivity contribution is 0.0804. The molecule has 0 aliphatic heterocycles. The number of hydrogen-bond donors (Lipinski definition) is 1. The standard InChI is InChI=1S/C11H15FN2O3S/c1-14(6-7-18(2,16)17)11(15)8-4-3-5-9(12)10(8)13/h3-5H,6-7,13H2,1-2H3. The van der Waals surface area contributed by atoms with E-state index < -0.39 is 21.6 Å². The van der Waals surface area contributed by atoms with Gasteiger partial charge in [0.1, 0.15) is 15.7 Å². The summed E-state index contributed by atoms with van der Waals surface area (Å²) in [5, 5.41) is 0. The second-order valence-corrected chi connectivity index (χ2v) is 6.32. The number of carbonyl (C=O) groups is 1. The van der Waals surface area contributed by atoms with Crippen LogP contribution in [0.25, 0.3) is 0 Å². The number of nitrogen functional groups attached to an aromatic ring is 1. The van der Waals surface area contributed by atoms with Crippen LogP contribution in [0.3, 0.4) is 0 Å². The lowest BCUT2D eigenvalue weighted by Gasteiger charge is -2.17. The Hall–Kier alpha value is -1.63. The molecule has 0 saturated carbocycles. The summed E-state index contributed by atoms with van der Waals surface area (Å²) < 4.78 is 35.2. The van der Waals surface area contributed by atoms with Crippen molar-refractivity contribution >= 4 is 21.4 Å². The van der Waals surface area contributed by atoms with Gasteiger partial charge < -0.3 is 10.6 Å². The summed E-state index contributed by atoms with van der Waals surface area (Å²) in [5.41, 5.74) is 5.27. The average molecular weight is 274 g/mol. The van der Waals surface area contributed by atoms with Crippen LogP contribution in [0.5, 0.6) is 0 Å². The molecule has 7 heteroatoms. The molecule has 18 heavy (non-hydrogen) atoms. The number of anilines is 1. The van der Waals surface area contributed by atoms with Gasteiger partial charge in [0.2, 0.25) is 0 Å². The highest BCUT2D eigenvalue weighted by Gasteiger charge is 2.17. The molecule has 0 radical (unpaired) electrons. The summed E-state index contributed by atoms with van der Waals surface area (Å²) in [6, 6.07) is 3.93. The molecular formula is C11H15FN2O3S. The molecule has 1 amide bonds. The molecule has 0 aromatic heterocycles. The number of nitrogens with two attached hydrogens (primary N) is 1. The predicted octanol–water partition coefficient (Wildman–Crippen LogP) is 0.524. The first kappa shape index (κ1) is 14.4. The number of benzene rings is 1. The SMILES string of the molecule is CN(CCS(C)(=O)=O)C(=O)c1cccc(F)c1N. The molecule has 0 unspecified atom stereocenters. The minimum absolute atomic E-state index is 0.0333. The van der Waals surface area contributed by atoms with E-state index >= 15 is 0 Å². The third kappa shape index (κ3) is 3.69. The zero-order valence-corrected chi connectivity index (χ0v) is 11.0. The molecule has 0 atom stereocenters. The van der Waals surface area contributed by atoms with Crippen LogP contribution in [0.1, 0.15) is 10.4 Å². The van der Waals surface area contributed by atoms with Gasteiger partial charge in [-0.15, -0.1) is 0 Å². The van der Waals surface area contributed by atoms with Crippen LogP contribution in [0, 0.1) is 5.82 Å². The van der Waals surface area contributed by atoms with Crippen molar-refractivity contribution in [1.82, 2.24) is 4.90 Å². The second-order valence-electron chi connectivity index (χ2n) is 4.06. The third-order valence-electron chi connectivity index (χ3n) is 2.43. The molecular weight excluding hydrogens is 259 g/mol. The first-order valence-corrected chi connectivity index (χ1v) is 7.25. The normalized spacial score (nSPS) is 11.3. The van der Waals surface area contributed by atoms with Gasteiger partial charge in [-0.25, -0.2) is 12.8 Å². The van der Waals surface area contributed by atoms with Gasteiger partial charge >= 0.3 is 0 Å². The Morgan fingerprint density at radius 1 is 1.44 bits per heavy atom. The number of nitrogens with zero attached hydrogens (tertiary/aromatic N) is 1. The molecule has 0 aliphatic carbocycles. The Kier molecular flexibility index (Phi) is 4.28. The third-order valence-corrected chi connectivity index (χ3v) is 3.35. The maximum Gasteiger partial charge on any atom is 0.255 e. The summed E-state index contributed by atoms with van der Waals surface area (Å²) >= 11 is 0. The van der Waals surface area contributed by atoms with Crippen LogP contribution in [0.15, 0.2) is 18.2 Å². The maximum atomic E-state index is 13.2. The van der Waals surface area contributed by atoms with Crippen LogP contribution < -0.4 is 5.73 Å². The van der Waals surface area contributed by atoms with Gasteiger partial charge in [-0.3, -0.25) is 4.79 Å². The number of halogens is 1. The Morgan fingerprint density at radius 3 is 2.61 bits per heavy atom. The zero-order chi connectivity index (χ0) is 13.9. The minimum Gasteiger partial charge on any atom is -0.396 e. The highest BCUT2D eigenvalue weighted by Crippen LogP contribution is 2.17. The summed E-state index contributed by atoms with van der Waals surface area (Å²) in [7, 11) is -1.71. The van der Waals surface area contributed by atoms with Crippen LogP contribution in [0.4, 0.5) is 10.1 Å². The summed E-state index contributed by atoms with van der Waals surface area (Å²) in [4.78, 5) is 13.1. The van der Waals surface area contributed by atoms with E-state index in [-0.39, 0.29) is 23.5 Å². The Labute approximate surface area is 105 Å². The average Bonchev–Trinajstić information content (AvgIpc) is 2.28. The van der Waals surface area contributed by atoms with Crippen molar-refractivity contribution in [2.75, 3.05) is 31.3 Å². The maximum absolute atomic E-state index is 13.2. The molecule has 0 spiro atoms. The van der Waals surface area contributed by atoms with Crippen molar-refractivity contribution in [2.45, 2.75) is 0 Å². The van der Waals surface area contributed by atoms with Crippen molar-refractivity contribution in [3.63, 3.8) is 0 Å². The Bertz CT molecular complexity index is 557. The number of rotatable bonds is 4. The number of hydrogen-bond acceptors (Lipinski definition) is 4. The molecule has 5 nitrogen and oxygen atoms in total. The quantitative estimate of drug-likeness (QED) is 0.812. The lowest BCUT2D eigenvalue weighted by Crippen LogP contribution is -2.32. The molecule has 0 bridgehead atoms. The molecule has 100 valence electrons. The van der Waals surface area contributed by atoms with Crippen molar-refractivity contribution < 1.29 is 17.6 Å². The van der Waals surface area contributed by atoms with E-state index in [4.69, 9.17) is 5.73 Å². The van der Waals surface area contributed by atoms with Crippen LogP contribution in [-0.2, 0) is 9.84 Å². The second kappa shape index (κ2) is 5.34. The van der Waals surface area contributed by atoms with Crippen molar-refractivity contribution in [3.05, 3.63) is 29.6 Å². The number of sulfone groups is 1. The van der Waals surface area contributed by atoms with Crippen LogP contribution in [-0.4, -0.2) is 44.8 Å². The number of para-hydroxylation sites is 1. The van der Waals surface area contributed by atoms with E-state index in [1.807, 2.05) is 0 Å². The Balaban J connectivity index is 2.84. The Morgan fingerprint density at radius 2 is 2.06 bits per heavy atom. The highest BCUT2D eigenvalue weighted by molar-refractivity contribution is 7.90. The predicted molar refractivity (Wildman–Crippen MR) is 67.5 cm³/mol. The number of amides is 1. The van der Waals surface area contributed by atoms with Gasteiger partial charge in [0.25, 0.3) is 5.91 Å². The first-order chi connectivity index (χ1) is 8.22. The van der Waals surface area contributed by atoms with Crippen LogP contribution >= 0.6 is 0 Å². The molecule has 1 rings (SSSR count). The van der Waals surface area contributed by atoms with Gasteiger partial charge in [0, 0.05) is 19.8 Å². The van der Waals surface area contributed by atoms with Crippen molar-refractivity contribution in [1.29, 1.82) is 0 Å². The van der Waals surface area contributed by atoms with Gasteiger partial charge in [-0.05, 0) is 12.1 Å². The molecule has 1 aromatic rings. The summed E-state index contributed by atoms with van der Waals surface area (Å²) in [6.45, 7) is 0.0353. The molecule has 0 aliphatic rings. The van der Waals surface area contributed by atoms with E-state index in [1.165, 1.54) is 24.1 Å². The summed E-state index contributed by atoms with van der Waals surface area (Å²) in [5.74, 6) is -1.32. The molecule has 0 heterocycles. The largest absolute Gasteiger partial charge is 0.396 e. The van der Waals surface area contributed by atoms with Gasteiger partial charge in [-0.1, -0.05) is 6.07 Å². The molecule has 2 N–H and O–H groups in total. The lowest BCUT2D eigenvalue weighted by atomic mass is 10.1. The zero-order valence-electron chi connectivity index (χ0n) is 10.2. The minimum atomic E-state index is -3.15. The molecule has 0 saturated heterocycles. The topological polar surface area (TPSA) is 80.5 Å². The molecule has 1 aromatic carbocycles. The van der Waals surface area contributed by atoms with E-state index in [1.54, 1.807) is 0 Å². The van der Waals surface area contributed by atoms with E-state index in [0.717, 1.165) is 12.3 Å². The van der Waals surface area contributed by atoms with Crippen LogP contribution in [0.2, 0.25) is 0 Å². The smallest absolute Gasteiger partial charge is 0.255 e. The van der Waals surface area contributed by atoms with E-state index in [0.29, 0.717) is 0 Å². The van der Waals surface area contributed by atoms with Crippen molar-refractivity contribution in [2.24, 2.45) is 0 Å². The van der Waals surface area contributed by atoms with Gasteiger partial charge in [0.05, 0.1) is 17.0 Å². The first-order valence-electron chi connectivity index (χ1n) is 5.19. The van der Waals surface area contributed by atoms with Gasteiger partial charge in [-0.2, -0.15) is 0 Å². The summed E-state index contributed by atoms with van der Waals surface area (Å²) in [6.07, 6.45) is 1.09. The van der Waals surface area contributed by atoms with E-state index in [9.17, 15) is 17.6 Å². The fourth-order valence-corrected chi connectivity index (χ4v) is 1.94. The molecule has 0 fully saturated rings. The highest BCUT2D eigenvalue weighted by atomic mass is 32.2.